The van der Waals surface area contributed by atoms with E-state index >= 15 is 0 Å². The van der Waals surface area contributed by atoms with Gasteiger partial charge in [0.25, 0.3) is 5.91 Å². The molecule has 0 saturated heterocycles. The van der Waals surface area contributed by atoms with Crippen LogP contribution in [0.15, 0.2) is 47.8 Å². The number of anilines is 1. The molecule has 0 fully saturated rings. The molecule has 2 aromatic carbocycles. The number of rotatable bonds is 5. The van der Waals surface area contributed by atoms with Gasteiger partial charge < -0.3 is 4.74 Å². The smallest absolute Gasteiger partial charge is 0.264 e. The zero-order valence-corrected chi connectivity index (χ0v) is 15.3. The van der Waals surface area contributed by atoms with Crippen LogP contribution in [-0.2, 0) is 4.79 Å². The summed E-state index contributed by atoms with van der Waals surface area (Å²) in [6, 6.07) is 13.9. The number of nitrogens with zero attached hydrogens (tertiary/aromatic N) is 1. The zero-order valence-electron chi connectivity index (χ0n) is 14.5. The van der Waals surface area contributed by atoms with Gasteiger partial charge in [0.1, 0.15) is 5.75 Å². The second-order valence-corrected chi connectivity index (χ2v) is 6.86. The zero-order chi connectivity index (χ0) is 17.8. The van der Waals surface area contributed by atoms with E-state index in [0.29, 0.717) is 10.9 Å². The molecule has 4 nitrogen and oxygen atoms in total. The van der Waals surface area contributed by atoms with Crippen molar-refractivity contribution >= 4 is 22.4 Å². The van der Waals surface area contributed by atoms with E-state index in [0.717, 1.165) is 22.4 Å². The Hall–Kier alpha value is -2.66. The predicted octanol–water partition coefficient (Wildman–Crippen LogP) is 4.75. The van der Waals surface area contributed by atoms with Gasteiger partial charge in [-0.05, 0) is 44.5 Å². The Labute approximate surface area is 151 Å². The number of ether oxygens (including phenoxy) is 1. The molecule has 0 spiro atoms. The molecule has 0 radical (unpaired) electrons. The number of nitrogens with one attached hydrogen (secondary N) is 1. The second kappa shape index (κ2) is 7.49. The van der Waals surface area contributed by atoms with E-state index in [2.05, 4.69) is 42.3 Å². The largest absolute Gasteiger partial charge is 0.484 e. The molecule has 0 aliphatic rings. The quantitative estimate of drug-likeness (QED) is 0.721. The van der Waals surface area contributed by atoms with Crippen LogP contribution in [0.2, 0.25) is 0 Å². The normalized spacial score (nSPS) is 10.5. The summed E-state index contributed by atoms with van der Waals surface area (Å²) < 4.78 is 5.49. The predicted molar refractivity (Wildman–Crippen MR) is 102 cm³/mol. The number of carbonyl (C=O) groups is 1. The standard InChI is InChI=1S/C20H20N2O2S/c1-13-5-8-16(9-6-13)24-11-19(23)22-20-21-18(12-25-20)17-10-14(2)4-7-15(17)3/h4-10,12H,11H2,1-3H3,(H,21,22,23). The fourth-order valence-corrected chi connectivity index (χ4v) is 3.13. The summed E-state index contributed by atoms with van der Waals surface area (Å²) in [5.41, 5.74) is 5.47. The fourth-order valence-electron chi connectivity index (χ4n) is 2.41. The lowest BCUT2D eigenvalue weighted by atomic mass is 10.0. The number of amides is 1. The average molecular weight is 352 g/mol. The molecule has 0 unspecified atom stereocenters. The van der Waals surface area contributed by atoms with Crippen molar-refractivity contribution in [2.24, 2.45) is 0 Å². The maximum absolute atomic E-state index is 12.1. The highest BCUT2D eigenvalue weighted by atomic mass is 32.1. The summed E-state index contributed by atoms with van der Waals surface area (Å²) in [6.07, 6.45) is 0. The van der Waals surface area contributed by atoms with E-state index in [1.165, 1.54) is 16.9 Å². The molecule has 1 heterocycles. The number of thiazole rings is 1. The first kappa shape index (κ1) is 17.2. The Balaban J connectivity index is 1.62. The van der Waals surface area contributed by atoms with Gasteiger partial charge in [-0.15, -0.1) is 11.3 Å². The summed E-state index contributed by atoms with van der Waals surface area (Å²) in [5.74, 6) is 0.457. The SMILES string of the molecule is Cc1ccc(OCC(=O)Nc2nc(-c3cc(C)ccc3C)cs2)cc1. The molecule has 0 aliphatic heterocycles. The van der Waals surface area contributed by atoms with Gasteiger partial charge >= 0.3 is 0 Å². The van der Waals surface area contributed by atoms with Gasteiger partial charge in [0.15, 0.2) is 11.7 Å². The van der Waals surface area contributed by atoms with Crippen LogP contribution in [-0.4, -0.2) is 17.5 Å². The molecule has 0 saturated carbocycles. The lowest BCUT2D eigenvalue weighted by Gasteiger charge is -2.06. The van der Waals surface area contributed by atoms with Crippen molar-refractivity contribution in [1.29, 1.82) is 0 Å². The second-order valence-electron chi connectivity index (χ2n) is 6.01. The number of carbonyl (C=O) groups excluding carboxylic acids is 1. The van der Waals surface area contributed by atoms with Crippen molar-refractivity contribution in [1.82, 2.24) is 4.98 Å². The summed E-state index contributed by atoms with van der Waals surface area (Å²) in [7, 11) is 0. The first-order valence-corrected chi connectivity index (χ1v) is 8.92. The van der Waals surface area contributed by atoms with Crippen molar-refractivity contribution in [2.75, 3.05) is 11.9 Å². The van der Waals surface area contributed by atoms with Gasteiger partial charge in [-0.3, -0.25) is 10.1 Å². The summed E-state index contributed by atoms with van der Waals surface area (Å²) in [5, 5.41) is 5.33. The molecule has 0 aliphatic carbocycles. The molecule has 3 rings (SSSR count). The molecule has 25 heavy (non-hydrogen) atoms. The topological polar surface area (TPSA) is 51.2 Å². The number of hydrogen-bond donors (Lipinski definition) is 1. The molecular formula is C20H20N2O2S. The van der Waals surface area contributed by atoms with Crippen LogP contribution in [0.4, 0.5) is 5.13 Å². The monoisotopic (exact) mass is 352 g/mol. The summed E-state index contributed by atoms with van der Waals surface area (Å²) in [4.78, 5) is 16.6. The van der Waals surface area contributed by atoms with E-state index in [1.54, 1.807) is 0 Å². The molecule has 1 aromatic heterocycles. The van der Waals surface area contributed by atoms with Gasteiger partial charge in [0.2, 0.25) is 0 Å². The Bertz CT molecular complexity index is 885. The number of hydrogen-bond acceptors (Lipinski definition) is 4. The minimum absolute atomic E-state index is 0.0402. The van der Waals surface area contributed by atoms with Crippen LogP contribution in [0.1, 0.15) is 16.7 Å². The lowest BCUT2D eigenvalue weighted by Crippen LogP contribution is -2.20. The van der Waals surface area contributed by atoms with Crippen LogP contribution < -0.4 is 10.1 Å². The minimum atomic E-state index is -0.220. The molecular weight excluding hydrogens is 332 g/mol. The third kappa shape index (κ3) is 4.45. The number of benzene rings is 2. The van der Waals surface area contributed by atoms with Gasteiger partial charge in [0, 0.05) is 10.9 Å². The molecule has 0 bridgehead atoms. The van der Waals surface area contributed by atoms with E-state index in [1.807, 2.05) is 36.6 Å². The maximum Gasteiger partial charge on any atom is 0.264 e. The third-order valence-electron chi connectivity index (χ3n) is 3.81. The van der Waals surface area contributed by atoms with Crippen molar-refractivity contribution in [3.8, 4) is 17.0 Å². The van der Waals surface area contributed by atoms with E-state index in [-0.39, 0.29) is 12.5 Å². The lowest BCUT2D eigenvalue weighted by molar-refractivity contribution is -0.118. The molecule has 1 N–H and O–H groups in total. The molecule has 5 heteroatoms. The molecule has 0 atom stereocenters. The highest BCUT2D eigenvalue weighted by Gasteiger charge is 2.10. The van der Waals surface area contributed by atoms with E-state index < -0.39 is 0 Å². The van der Waals surface area contributed by atoms with Crippen LogP contribution >= 0.6 is 11.3 Å². The van der Waals surface area contributed by atoms with Crippen LogP contribution in [0.3, 0.4) is 0 Å². The van der Waals surface area contributed by atoms with Crippen LogP contribution in [0.5, 0.6) is 5.75 Å². The summed E-state index contributed by atoms with van der Waals surface area (Å²) >= 11 is 1.41. The number of aryl methyl sites for hydroxylation is 3. The van der Waals surface area contributed by atoms with Gasteiger partial charge in [-0.1, -0.05) is 35.4 Å². The first-order valence-electron chi connectivity index (χ1n) is 8.04. The average Bonchev–Trinajstić information content (AvgIpc) is 3.05. The fraction of sp³-hybridized carbons (Fsp3) is 0.200. The minimum Gasteiger partial charge on any atom is -0.484 e. The van der Waals surface area contributed by atoms with Crippen molar-refractivity contribution in [2.45, 2.75) is 20.8 Å². The molecule has 3 aromatic rings. The molecule has 128 valence electrons. The van der Waals surface area contributed by atoms with Gasteiger partial charge in [0.05, 0.1) is 5.69 Å². The first-order chi connectivity index (χ1) is 12.0. The van der Waals surface area contributed by atoms with E-state index in [9.17, 15) is 4.79 Å². The highest BCUT2D eigenvalue weighted by Crippen LogP contribution is 2.28. The Morgan fingerprint density at radius 3 is 2.56 bits per heavy atom. The van der Waals surface area contributed by atoms with E-state index in [4.69, 9.17) is 4.74 Å². The van der Waals surface area contributed by atoms with Gasteiger partial charge in [-0.25, -0.2) is 4.98 Å². The summed E-state index contributed by atoms with van der Waals surface area (Å²) in [6.45, 7) is 6.08. The van der Waals surface area contributed by atoms with Crippen LogP contribution in [0, 0.1) is 20.8 Å². The Kier molecular flexibility index (Phi) is 5.14. The van der Waals surface area contributed by atoms with Gasteiger partial charge in [-0.2, -0.15) is 0 Å². The highest BCUT2D eigenvalue weighted by molar-refractivity contribution is 7.14. The third-order valence-corrected chi connectivity index (χ3v) is 4.57. The van der Waals surface area contributed by atoms with Crippen LogP contribution in [0.25, 0.3) is 11.3 Å². The molecule has 1 amide bonds. The number of aromatic nitrogens is 1. The maximum atomic E-state index is 12.1. The Morgan fingerprint density at radius 2 is 1.80 bits per heavy atom. The van der Waals surface area contributed by atoms with Crippen molar-refractivity contribution < 1.29 is 9.53 Å². The van der Waals surface area contributed by atoms with Crippen molar-refractivity contribution in [3.05, 3.63) is 64.5 Å². The van der Waals surface area contributed by atoms with Crippen molar-refractivity contribution in [3.63, 3.8) is 0 Å². The Morgan fingerprint density at radius 1 is 1.08 bits per heavy atom.